The largest absolute Gasteiger partial charge is 0.370 e. The molecule has 1 N–H and O–H groups in total. The van der Waals surface area contributed by atoms with E-state index in [1.165, 1.54) is 28.6 Å². The number of anilines is 1. The Labute approximate surface area is 209 Å². The van der Waals surface area contributed by atoms with E-state index in [0.717, 1.165) is 34.6 Å². The van der Waals surface area contributed by atoms with Gasteiger partial charge < -0.3 is 5.32 Å². The van der Waals surface area contributed by atoms with Gasteiger partial charge in [0.15, 0.2) is 5.65 Å². The lowest BCUT2D eigenvalue weighted by molar-refractivity contribution is 0.274. The topological polar surface area (TPSA) is 79.6 Å². The second-order valence-electron chi connectivity index (χ2n) is 8.75. The van der Waals surface area contributed by atoms with E-state index in [0.29, 0.717) is 31.1 Å². The molecule has 0 saturated carbocycles. The fourth-order valence-corrected chi connectivity index (χ4v) is 6.31. The van der Waals surface area contributed by atoms with Gasteiger partial charge in [0.1, 0.15) is 24.4 Å². The number of piperidine rings is 1. The Balaban J connectivity index is 1.39. The summed E-state index contributed by atoms with van der Waals surface area (Å²) < 4.78 is 43.5. The van der Waals surface area contributed by atoms with Gasteiger partial charge in [0.25, 0.3) is 0 Å². The fraction of sp³-hybridized carbons (Fsp3) is 0.250. The zero-order valence-electron chi connectivity index (χ0n) is 19.2. The molecular formula is C24H24BClFN5O2S. The maximum Gasteiger partial charge on any atom is 0.245 e. The lowest BCUT2D eigenvalue weighted by Crippen LogP contribution is -2.42. The summed E-state index contributed by atoms with van der Waals surface area (Å²) in [7, 11) is -1.95. The highest BCUT2D eigenvalue weighted by molar-refractivity contribution is 7.89. The van der Waals surface area contributed by atoms with Crippen molar-refractivity contribution in [3.05, 3.63) is 71.6 Å². The predicted octanol–water partition coefficient (Wildman–Crippen LogP) is 2.96. The van der Waals surface area contributed by atoms with E-state index in [4.69, 9.17) is 16.6 Å². The van der Waals surface area contributed by atoms with Crippen molar-refractivity contribution in [1.82, 2.24) is 18.9 Å². The highest BCUT2D eigenvalue weighted by Gasteiger charge is 2.32. The molecule has 2 aromatic heterocycles. The highest BCUT2D eigenvalue weighted by atomic mass is 35.5. The number of rotatable bonds is 6. The van der Waals surface area contributed by atoms with E-state index < -0.39 is 15.8 Å². The molecule has 0 radical (unpaired) electrons. The van der Waals surface area contributed by atoms with Gasteiger partial charge in [-0.25, -0.2) is 17.8 Å². The van der Waals surface area contributed by atoms with E-state index in [1.807, 2.05) is 38.2 Å². The standard InChI is InChI=1S/C24H24BClFN5O2S/c25-18-14-29-32-23(12-21(30-24(18)32)17-7-1-2-8-19(17)26)28-13-16-6-5-11-31(15-16)35(33,34)22-10-4-3-9-20(22)27/h1-4,7-10,12,14,16,28H,5-6,11,13,15,25H2. The second kappa shape index (κ2) is 9.60. The van der Waals surface area contributed by atoms with Crippen molar-refractivity contribution < 1.29 is 12.8 Å². The Morgan fingerprint density at radius 3 is 2.74 bits per heavy atom. The lowest BCUT2D eigenvalue weighted by atomic mass is 9.99. The van der Waals surface area contributed by atoms with E-state index in [1.54, 1.807) is 10.7 Å². The smallest absolute Gasteiger partial charge is 0.245 e. The molecule has 35 heavy (non-hydrogen) atoms. The molecule has 0 spiro atoms. The molecule has 2 aromatic carbocycles. The van der Waals surface area contributed by atoms with Crippen LogP contribution in [0.3, 0.4) is 0 Å². The Morgan fingerprint density at radius 2 is 1.94 bits per heavy atom. The Bertz CT molecular complexity index is 1500. The van der Waals surface area contributed by atoms with Gasteiger partial charge in [0.05, 0.1) is 5.69 Å². The van der Waals surface area contributed by atoms with Gasteiger partial charge in [0, 0.05) is 42.5 Å². The minimum Gasteiger partial charge on any atom is -0.370 e. The molecule has 180 valence electrons. The van der Waals surface area contributed by atoms with Crippen molar-refractivity contribution in [2.75, 3.05) is 25.0 Å². The lowest BCUT2D eigenvalue weighted by Gasteiger charge is -2.32. The molecule has 11 heteroatoms. The van der Waals surface area contributed by atoms with Crippen molar-refractivity contribution in [1.29, 1.82) is 0 Å². The van der Waals surface area contributed by atoms with E-state index >= 15 is 0 Å². The van der Waals surface area contributed by atoms with Crippen molar-refractivity contribution in [2.24, 2.45) is 5.92 Å². The number of halogens is 2. The molecule has 1 unspecified atom stereocenters. The van der Waals surface area contributed by atoms with Crippen LogP contribution in [0, 0.1) is 11.7 Å². The van der Waals surface area contributed by atoms with Crippen LogP contribution in [0.4, 0.5) is 10.2 Å². The van der Waals surface area contributed by atoms with E-state index in [9.17, 15) is 12.8 Å². The monoisotopic (exact) mass is 511 g/mol. The maximum atomic E-state index is 14.2. The zero-order valence-corrected chi connectivity index (χ0v) is 20.7. The predicted molar refractivity (Wildman–Crippen MR) is 138 cm³/mol. The van der Waals surface area contributed by atoms with Crippen LogP contribution in [0.5, 0.6) is 0 Å². The van der Waals surface area contributed by atoms with Crippen LogP contribution in [-0.2, 0) is 10.0 Å². The molecule has 1 saturated heterocycles. The van der Waals surface area contributed by atoms with Gasteiger partial charge in [-0.1, -0.05) is 41.9 Å². The normalized spacial score (nSPS) is 17.0. The molecule has 1 fully saturated rings. The number of fused-ring (bicyclic) bond motifs is 1. The summed E-state index contributed by atoms with van der Waals surface area (Å²) in [6.07, 6.45) is 3.32. The average Bonchev–Trinajstić information content (AvgIpc) is 3.24. The molecule has 0 bridgehead atoms. The second-order valence-corrected chi connectivity index (χ2v) is 11.1. The summed E-state index contributed by atoms with van der Waals surface area (Å²) in [6, 6.07) is 14.9. The molecule has 1 aliphatic rings. The summed E-state index contributed by atoms with van der Waals surface area (Å²) in [6.45, 7) is 1.22. The van der Waals surface area contributed by atoms with Crippen molar-refractivity contribution in [2.45, 2.75) is 17.7 Å². The molecule has 5 rings (SSSR count). The van der Waals surface area contributed by atoms with Crippen LogP contribution in [0.2, 0.25) is 5.02 Å². The third-order valence-corrected chi connectivity index (χ3v) is 8.53. The van der Waals surface area contributed by atoms with Crippen LogP contribution >= 0.6 is 11.6 Å². The van der Waals surface area contributed by atoms with Crippen LogP contribution in [-0.4, -0.2) is 54.8 Å². The molecule has 0 amide bonds. The van der Waals surface area contributed by atoms with Gasteiger partial charge in [-0.05, 0) is 42.4 Å². The molecule has 7 nitrogen and oxygen atoms in total. The van der Waals surface area contributed by atoms with E-state index in [-0.39, 0.29) is 10.8 Å². The van der Waals surface area contributed by atoms with Gasteiger partial charge >= 0.3 is 0 Å². The van der Waals surface area contributed by atoms with Crippen molar-refractivity contribution in [3.63, 3.8) is 0 Å². The number of benzene rings is 2. The number of hydrogen-bond acceptors (Lipinski definition) is 5. The first-order valence-corrected chi connectivity index (χ1v) is 13.3. The minimum atomic E-state index is -3.90. The number of nitrogens with zero attached hydrogens (tertiary/aromatic N) is 4. The quantitative estimate of drug-likeness (QED) is 0.403. The summed E-state index contributed by atoms with van der Waals surface area (Å²) in [4.78, 5) is 4.48. The summed E-state index contributed by atoms with van der Waals surface area (Å²) >= 11 is 6.42. The highest BCUT2D eigenvalue weighted by Crippen LogP contribution is 2.29. The zero-order chi connectivity index (χ0) is 24.6. The molecule has 1 aliphatic heterocycles. The van der Waals surface area contributed by atoms with Crippen molar-refractivity contribution >= 4 is 46.4 Å². The summed E-state index contributed by atoms with van der Waals surface area (Å²) in [5, 5.41) is 8.50. The van der Waals surface area contributed by atoms with Gasteiger partial charge in [0.2, 0.25) is 10.0 Å². The molecule has 4 aromatic rings. The minimum absolute atomic E-state index is 0.0499. The van der Waals surface area contributed by atoms with Crippen LogP contribution < -0.4 is 10.8 Å². The molecule has 3 heterocycles. The Hall–Kier alpha value is -2.95. The number of nitrogens with one attached hydrogen (secondary N) is 1. The number of aromatic nitrogens is 3. The van der Waals surface area contributed by atoms with Crippen molar-refractivity contribution in [3.8, 4) is 11.3 Å². The Kier molecular flexibility index (Phi) is 6.52. The summed E-state index contributed by atoms with van der Waals surface area (Å²) in [5.74, 6) is 0.0640. The van der Waals surface area contributed by atoms with Crippen LogP contribution in [0.15, 0.2) is 65.7 Å². The molecule has 0 aliphatic carbocycles. The third kappa shape index (κ3) is 4.65. The van der Waals surface area contributed by atoms with Gasteiger partial charge in [-0.2, -0.15) is 13.9 Å². The third-order valence-electron chi connectivity index (χ3n) is 6.31. The van der Waals surface area contributed by atoms with Gasteiger partial charge in [-0.3, -0.25) is 0 Å². The SMILES string of the molecule is Bc1cnn2c(NCC3CCCN(S(=O)(=O)c4ccccc4F)C3)cc(-c3ccccc3Cl)nc12. The molecule has 1 atom stereocenters. The van der Waals surface area contributed by atoms with E-state index in [2.05, 4.69) is 10.4 Å². The molecular weight excluding hydrogens is 488 g/mol. The fourth-order valence-electron chi connectivity index (χ4n) is 4.46. The number of hydrogen-bond donors (Lipinski definition) is 1. The maximum absolute atomic E-state index is 14.2. The Morgan fingerprint density at radius 1 is 1.17 bits per heavy atom. The number of sulfonamides is 1. The summed E-state index contributed by atoms with van der Waals surface area (Å²) in [5.41, 5.74) is 3.20. The first-order chi connectivity index (χ1) is 16.8. The van der Waals surface area contributed by atoms with Gasteiger partial charge in [-0.15, -0.1) is 0 Å². The average molecular weight is 512 g/mol. The first-order valence-electron chi connectivity index (χ1n) is 11.4. The van der Waals surface area contributed by atoms with Crippen LogP contribution in [0.25, 0.3) is 16.9 Å². The van der Waals surface area contributed by atoms with Crippen LogP contribution in [0.1, 0.15) is 12.8 Å². The first kappa shape index (κ1) is 23.8.